The molecule has 0 amide bonds. The van der Waals surface area contributed by atoms with Crippen molar-refractivity contribution in [3.05, 3.63) is 65.7 Å². The number of hydrogen-bond acceptors (Lipinski definition) is 6. The summed E-state index contributed by atoms with van der Waals surface area (Å²) >= 11 is 0. The van der Waals surface area contributed by atoms with Crippen LogP contribution < -0.4 is 4.74 Å². The van der Waals surface area contributed by atoms with Crippen molar-refractivity contribution in [1.82, 2.24) is 0 Å². The average Bonchev–Trinajstić information content (AvgIpc) is 2.74. The highest BCUT2D eigenvalue weighted by Crippen LogP contribution is 2.33. The number of ether oxygens (including phenoxy) is 3. The van der Waals surface area contributed by atoms with Gasteiger partial charge in [-0.05, 0) is 50.1 Å². The van der Waals surface area contributed by atoms with Gasteiger partial charge in [-0.15, -0.1) is 0 Å². The maximum atomic E-state index is 13.0. The minimum Gasteiger partial charge on any atom is -0.497 e. The lowest BCUT2D eigenvalue weighted by Gasteiger charge is -2.29. The van der Waals surface area contributed by atoms with Crippen LogP contribution in [0.5, 0.6) is 5.75 Å². The van der Waals surface area contributed by atoms with Crippen LogP contribution >= 0.6 is 0 Å². The molecule has 0 radical (unpaired) electrons. The van der Waals surface area contributed by atoms with Gasteiger partial charge in [0, 0.05) is 12.0 Å². The van der Waals surface area contributed by atoms with E-state index in [1.54, 1.807) is 50.2 Å². The van der Waals surface area contributed by atoms with E-state index in [2.05, 4.69) is 0 Å². The first kappa shape index (κ1) is 22.1. The Bertz CT molecular complexity index is 808. The van der Waals surface area contributed by atoms with Crippen molar-refractivity contribution >= 4 is 17.7 Å². The van der Waals surface area contributed by atoms with Crippen LogP contribution in [0.2, 0.25) is 0 Å². The zero-order valence-corrected chi connectivity index (χ0v) is 17.0. The highest BCUT2D eigenvalue weighted by molar-refractivity contribution is 6.07. The zero-order valence-electron chi connectivity index (χ0n) is 17.0. The third-order valence-electron chi connectivity index (χ3n) is 4.56. The molecule has 0 heterocycles. The second-order valence-electron chi connectivity index (χ2n) is 6.51. The summed E-state index contributed by atoms with van der Waals surface area (Å²) in [5.74, 6) is -1.27. The van der Waals surface area contributed by atoms with Gasteiger partial charge >= 0.3 is 11.9 Å². The van der Waals surface area contributed by atoms with E-state index in [9.17, 15) is 14.4 Å². The fraction of sp³-hybridized carbons (Fsp3) is 0.348. The predicted molar refractivity (Wildman–Crippen MR) is 108 cm³/mol. The van der Waals surface area contributed by atoms with Crippen molar-refractivity contribution in [3.8, 4) is 5.75 Å². The molecule has 0 bridgehead atoms. The van der Waals surface area contributed by atoms with E-state index in [4.69, 9.17) is 14.2 Å². The third kappa shape index (κ3) is 5.44. The topological polar surface area (TPSA) is 78.9 Å². The van der Waals surface area contributed by atoms with E-state index in [-0.39, 0.29) is 31.8 Å². The van der Waals surface area contributed by atoms with E-state index >= 15 is 0 Å². The van der Waals surface area contributed by atoms with Crippen LogP contribution in [-0.4, -0.2) is 38.0 Å². The summed E-state index contributed by atoms with van der Waals surface area (Å²) in [6.07, 6.45) is -0.348. The molecule has 2 aromatic rings. The van der Waals surface area contributed by atoms with Crippen molar-refractivity contribution in [3.63, 3.8) is 0 Å². The van der Waals surface area contributed by atoms with Gasteiger partial charge in [-0.25, -0.2) is 0 Å². The Morgan fingerprint density at radius 2 is 1.38 bits per heavy atom. The van der Waals surface area contributed by atoms with Crippen molar-refractivity contribution in [2.45, 2.75) is 26.7 Å². The molecule has 29 heavy (non-hydrogen) atoms. The smallest absolute Gasteiger partial charge is 0.324 e. The molecule has 0 aromatic heterocycles. The number of esters is 2. The maximum absolute atomic E-state index is 13.0. The van der Waals surface area contributed by atoms with Crippen LogP contribution in [0.1, 0.15) is 36.2 Å². The zero-order chi connectivity index (χ0) is 21.3. The van der Waals surface area contributed by atoms with Crippen LogP contribution in [0, 0.1) is 5.41 Å². The summed E-state index contributed by atoms with van der Waals surface area (Å²) in [5, 5.41) is 0. The van der Waals surface area contributed by atoms with Gasteiger partial charge in [0.25, 0.3) is 0 Å². The van der Waals surface area contributed by atoms with Crippen LogP contribution in [0.3, 0.4) is 0 Å². The highest BCUT2D eigenvalue weighted by Gasteiger charge is 2.50. The minimum atomic E-state index is -1.76. The van der Waals surface area contributed by atoms with Gasteiger partial charge in [0.15, 0.2) is 11.2 Å². The fourth-order valence-electron chi connectivity index (χ4n) is 3.07. The van der Waals surface area contributed by atoms with Gasteiger partial charge in [0.1, 0.15) is 5.75 Å². The first-order valence-electron chi connectivity index (χ1n) is 9.52. The van der Waals surface area contributed by atoms with Crippen LogP contribution in [0.25, 0.3) is 0 Å². The largest absolute Gasteiger partial charge is 0.497 e. The Balaban J connectivity index is 2.45. The molecule has 0 saturated heterocycles. The number of carbonyl (C=O) groups is 3. The van der Waals surface area contributed by atoms with Gasteiger partial charge in [0.05, 0.1) is 20.3 Å². The molecule has 0 atom stereocenters. The normalized spacial score (nSPS) is 10.9. The SMILES string of the molecule is CCOC(=O)C(CC(=O)c1ccc(OC)cc1)(Cc1ccccc1)C(=O)OCC. The molecule has 0 aliphatic rings. The van der Waals surface area contributed by atoms with Crippen LogP contribution in [0.15, 0.2) is 54.6 Å². The molecular weight excluding hydrogens is 372 g/mol. The molecule has 2 aromatic carbocycles. The average molecular weight is 398 g/mol. The lowest BCUT2D eigenvalue weighted by Crippen LogP contribution is -2.45. The quantitative estimate of drug-likeness (QED) is 0.345. The van der Waals surface area contributed by atoms with Crippen molar-refractivity contribution in [1.29, 1.82) is 0 Å². The molecule has 0 unspecified atom stereocenters. The molecule has 6 nitrogen and oxygen atoms in total. The standard InChI is InChI=1S/C23H26O6/c1-4-28-21(25)23(22(26)29-5-2,15-17-9-7-6-8-10-17)16-20(24)18-11-13-19(27-3)14-12-18/h6-14H,4-5,15-16H2,1-3H3. The van der Waals surface area contributed by atoms with E-state index in [1.807, 2.05) is 18.2 Å². The molecule has 0 aliphatic heterocycles. The second kappa shape index (κ2) is 10.4. The Labute approximate surface area is 170 Å². The number of methoxy groups -OCH3 is 1. The summed E-state index contributed by atoms with van der Waals surface area (Å²) in [6, 6.07) is 15.6. The molecule has 0 fully saturated rings. The van der Waals surface area contributed by atoms with Gasteiger partial charge in [-0.3, -0.25) is 14.4 Å². The number of rotatable bonds is 10. The first-order valence-corrected chi connectivity index (χ1v) is 9.52. The molecule has 0 aliphatic carbocycles. The van der Waals surface area contributed by atoms with Crippen LogP contribution in [0.4, 0.5) is 0 Å². The highest BCUT2D eigenvalue weighted by atomic mass is 16.6. The lowest BCUT2D eigenvalue weighted by atomic mass is 9.76. The lowest BCUT2D eigenvalue weighted by molar-refractivity contribution is -0.172. The summed E-state index contributed by atoms with van der Waals surface area (Å²) in [7, 11) is 1.53. The van der Waals surface area contributed by atoms with Crippen molar-refractivity contribution in [2.24, 2.45) is 5.41 Å². The maximum Gasteiger partial charge on any atom is 0.324 e. The van der Waals surface area contributed by atoms with Crippen molar-refractivity contribution < 1.29 is 28.6 Å². The van der Waals surface area contributed by atoms with Gasteiger partial charge in [0.2, 0.25) is 0 Å². The summed E-state index contributed by atoms with van der Waals surface area (Å²) in [4.78, 5) is 38.9. The first-order chi connectivity index (χ1) is 14.0. The fourth-order valence-corrected chi connectivity index (χ4v) is 3.07. The number of Topliss-reactive ketones (excluding diaryl/α,β-unsaturated/α-hetero) is 1. The molecular formula is C23H26O6. The van der Waals surface area contributed by atoms with Gasteiger partial charge in [-0.1, -0.05) is 30.3 Å². The molecule has 2 rings (SSSR count). The van der Waals surface area contributed by atoms with E-state index in [0.29, 0.717) is 11.3 Å². The molecule has 6 heteroatoms. The summed E-state index contributed by atoms with van der Waals surface area (Å²) in [6.45, 7) is 3.49. The van der Waals surface area contributed by atoms with E-state index in [0.717, 1.165) is 5.56 Å². The minimum absolute atomic E-state index is 0.00734. The van der Waals surface area contributed by atoms with Gasteiger partial charge < -0.3 is 14.2 Å². The molecule has 0 spiro atoms. The summed E-state index contributed by atoms with van der Waals surface area (Å²) in [5.41, 5.74) is -0.655. The Morgan fingerprint density at radius 1 is 0.828 bits per heavy atom. The van der Waals surface area contributed by atoms with E-state index in [1.165, 1.54) is 7.11 Å². The Morgan fingerprint density at radius 3 is 1.86 bits per heavy atom. The predicted octanol–water partition coefficient (Wildman–Crippen LogP) is 3.62. The third-order valence-corrected chi connectivity index (χ3v) is 4.56. The monoisotopic (exact) mass is 398 g/mol. The Hall–Kier alpha value is -3.15. The van der Waals surface area contributed by atoms with Gasteiger partial charge in [-0.2, -0.15) is 0 Å². The van der Waals surface area contributed by atoms with Crippen molar-refractivity contribution in [2.75, 3.05) is 20.3 Å². The molecule has 154 valence electrons. The van der Waals surface area contributed by atoms with E-state index < -0.39 is 17.4 Å². The number of carbonyl (C=O) groups excluding carboxylic acids is 3. The second-order valence-corrected chi connectivity index (χ2v) is 6.51. The molecule has 0 saturated carbocycles. The summed E-state index contributed by atoms with van der Waals surface area (Å²) < 4.78 is 15.5. The van der Waals surface area contributed by atoms with Crippen LogP contribution in [-0.2, 0) is 25.5 Å². The number of benzene rings is 2. The number of hydrogen-bond donors (Lipinski definition) is 0. The molecule has 0 N–H and O–H groups in total. The number of ketones is 1. The Kier molecular flexibility index (Phi) is 7.95.